The molecule has 0 aliphatic carbocycles. The van der Waals surface area contributed by atoms with E-state index in [1.807, 2.05) is 10.9 Å². The summed E-state index contributed by atoms with van der Waals surface area (Å²) in [5, 5.41) is 4.44. The molecular weight excluding hydrogens is 338 g/mol. The van der Waals surface area contributed by atoms with Crippen molar-refractivity contribution in [1.82, 2.24) is 20.1 Å². The van der Waals surface area contributed by atoms with Crippen molar-refractivity contribution >= 4 is 27.3 Å². The van der Waals surface area contributed by atoms with Gasteiger partial charge in [0.15, 0.2) is 0 Å². The Morgan fingerprint density at radius 2 is 2.25 bits per heavy atom. The van der Waals surface area contributed by atoms with E-state index >= 15 is 0 Å². The second kappa shape index (κ2) is 6.82. The Labute approximate surface area is 131 Å². The zero-order chi connectivity index (χ0) is 14.7. The first-order valence-electron chi connectivity index (χ1n) is 6.41. The first kappa shape index (κ1) is 15.7. The molecule has 0 aromatic carbocycles. The van der Waals surface area contributed by atoms with Crippen LogP contribution in [0.5, 0.6) is 0 Å². The minimum atomic E-state index is -0.0484. The first-order chi connectivity index (χ1) is 9.52. The maximum absolute atomic E-state index is 5.78. The Kier molecular flexibility index (Phi) is 5.34. The van der Waals surface area contributed by atoms with Gasteiger partial charge in [-0.05, 0) is 49.1 Å². The normalized spacial score (nSPS) is 13.1. The third-order valence-electron chi connectivity index (χ3n) is 3.08. The summed E-state index contributed by atoms with van der Waals surface area (Å²) in [6.07, 6.45) is 1.83. The topological polar surface area (TPSA) is 59.1 Å². The van der Waals surface area contributed by atoms with E-state index < -0.39 is 0 Å². The largest absolute Gasteiger partial charge is 0.308 e. The molecule has 2 heterocycles. The highest BCUT2D eigenvalue weighted by Crippen LogP contribution is 2.31. The van der Waals surface area contributed by atoms with Gasteiger partial charge in [-0.15, -0.1) is 11.3 Å². The molecule has 110 valence electrons. The molecule has 3 N–H and O–H groups in total. The molecule has 7 heteroatoms. The highest BCUT2D eigenvalue weighted by Gasteiger charge is 2.22. The number of aromatic nitrogens is 2. The fraction of sp³-hybridized carbons (Fsp3) is 0.462. The average molecular weight is 358 g/mol. The lowest BCUT2D eigenvalue weighted by molar-refractivity contribution is 0.365. The third-order valence-corrected chi connectivity index (χ3v) is 4.75. The quantitative estimate of drug-likeness (QED) is 0.614. The van der Waals surface area contributed by atoms with Gasteiger partial charge in [-0.25, -0.2) is 5.43 Å². The van der Waals surface area contributed by atoms with Gasteiger partial charge < -0.3 is 4.90 Å². The Morgan fingerprint density at radius 3 is 2.80 bits per heavy atom. The van der Waals surface area contributed by atoms with Crippen molar-refractivity contribution in [2.75, 3.05) is 20.6 Å². The third kappa shape index (κ3) is 3.48. The Morgan fingerprint density at radius 1 is 1.50 bits per heavy atom. The van der Waals surface area contributed by atoms with Crippen LogP contribution in [0.4, 0.5) is 0 Å². The molecule has 1 unspecified atom stereocenters. The van der Waals surface area contributed by atoms with Crippen molar-refractivity contribution in [3.05, 3.63) is 38.3 Å². The van der Waals surface area contributed by atoms with Crippen molar-refractivity contribution in [3.8, 4) is 0 Å². The van der Waals surface area contributed by atoms with Gasteiger partial charge in [0.05, 0.1) is 29.0 Å². The zero-order valence-corrected chi connectivity index (χ0v) is 14.3. The highest BCUT2D eigenvalue weighted by molar-refractivity contribution is 9.10. The molecule has 0 fully saturated rings. The second-order valence-electron chi connectivity index (χ2n) is 4.95. The van der Waals surface area contributed by atoms with Crippen LogP contribution in [-0.4, -0.2) is 35.3 Å². The number of halogens is 1. The van der Waals surface area contributed by atoms with Crippen LogP contribution in [0.1, 0.15) is 21.5 Å². The number of hydrogen-bond acceptors (Lipinski definition) is 5. The maximum Gasteiger partial charge on any atom is 0.0981 e. The summed E-state index contributed by atoms with van der Waals surface area (Å²) in [5.74, 6) is 5.78. The fourth-order valence-electron chi connectivity index (χ4n) is 2.04. The molecule has 2 aromatic rings. The van der Waals surface area contributed by atoms with Gasteiger partial charge >= 0.3 is 0 Å². The van der Waals surface area contributed by atoms with Crippen LogP contribution < -0.4 is 11.3 Å². The predicted molar refractivity (Wildman–Crippen MR) is 86.7 cm³/mol. The Balaban J connectivity index is 2.31. The monoisotopic (exact) mass is 357 g/mol. The maximum atomic E-state index is 5.78. The summed E-state index contributed by atoms with van der Waals surface area (Å²) in [5.41, 5.74) is 3.97. The summed E-state index contributed by atoms with van der Waals surface area (Å²) in [6.45, 7) is 3.86. The molecule has 0 saturated heterocycles. The van der Waals surface area contributed by atoms with Gasteiger partial charge in [0.2, 0.25) is 0 Å². The van der Waals surface area contributed by atoms with E-state index in [4.69, 9.17) is 5.84 Å². The minimum Gasteiger partial charge on any atom is -0.308 e. The summed E-state index contributed by atoms with van der Waals surface area (Å²) in [4.78, 5) is 4.60. The molecule has 0 bridgehead atoms. The number of nitrogens with one attached hydrogen (secondary N) is 1. The van der Waals surface area contributed by atoms with Crippen LogP contribution >= 0.6 is 27.3 Å². The number of aryl methyl sites for hydroxylation is 1. The van der Waals surface area contributed by atoms with Crippen LogP contribution in [0, 0.1) is 6.92 Å². The van der Waals surface area contributed by atoms with Crippen molar-refractivity contribution in [3.63, 3.8) is 0 Å². The van der Waals surface area contributed by atoms with Crippen molar-refractivity contribution in [1.29, 1.82) is 0 Å². The zero-order valence-electron chi connectivity index (χ0n) is 11.9. The van der Waals surface area contributed by atoms with Gasteiger partial charge in [-0.3, -0.25) is 10.5 Å². The van der Waals surface area contributed by atoms with Gasteiger partial charge in [0, 0.05) is 16.3 Å². The lowest BCUT2D eigenvalue weighted by atomic mass is 10.2. The molecule has 0 radical (unpaired) electrons. The molecule has 0 aliphatic rings. The number of hydrogen-bond donors (Lipinski definition) is 2. The number of nitrogens with zero attached hydrogens (tertiary/aromatic N) is 3. The molecule has 2 aromatic heterocycles. The first-order valence-corrected chi connectivity index (χ1v) is 8.02. The Bertz CT molecular complexity index is 563. The van der Waals surface area contributed by atoms with E-state index in [1.54, 1.807) is 11.3 Å². The average Bonchev–Trinajstić information content (AvgIpc) is 2.97. The van der Waals surface area contributed by atoms with E-state index in [-0.39, 0.29) is 6.04 Å². The van der Waals surface area contributed by atoms with E-state index in [2.05, 4.69) is 64.5 Å². The SMILES string of the molecule is Cc1ccc(C(NN)c2c(Br)cnn2CCN(C)C)s1. The minimum absolute atomic E-state index is 0.0484. The van der Waals surface area contributed by atoms with Gasteiger partial charge in [0.1, 0.15) is 0 Å². The summed E-state index contributed by atoms with van der Waals surface area (Å²) in [7, 11) is 4.11. The molecule has 0 spiro atoms. The lowest BCUT2D eigenvalue weighted by Gasteiger charge is -2.18. The van der Waals surface area contributed by atoms with Crippen LogP contribution in [0.3, 0.4) is 0 Å². The standard InChI is InChI=1S/C13H20BrN5S/c1-9-4-5-11(20-9)12(17-15)13-10(14)8-16-19(13)7-6-18(2)3/h4-5,8,12,17H,6-7,15H2,1-3H3. The molecule has 0 amide bonds. The number of nitrogens with two attached hydrogens (primary N) is 1. The van der Waals surface area contributed by atoms with Crippen LogP contribution in [-0.2, 0) is 6.54 Å². The van der Waals surface area contributed by atoms with Gasteiger partial charge in [0.25, 0.3) is 0 Å². The summed E-state index contributed by atoms with van der Waals surface area (Å²) >= 11 is 5.33. The van der Waals surface area contributed by atoms with Gasteiger partial charge in [-0.2, -0.15) is 5.10 Å². The van der Waals surface area contributed by atoms with Crippen molar-refractivity contribution in [2.45, 2.75) is 19.5 Å². The van der Waals surface area contributed by atoms with Crippen LogP contribution in [0.2, 0.25) is 0 Å². The molecular formula is C13H20BrN5S. The Hall–Kier alpha value is -0.730. The molecule has 1 atom stereocenters. The molecule has 2 rings (SSSR count). The van der Waals surface area contributed by atoms with Crippen LogP contribution in [0.25, 0.3) is 0 Å². The molecule has 0 aliphatic heterocycles. The highest BCUT2D eigenvalue weighted by atomic mass is 79.9. The summed E-state index contributed by atoms with van der Waals surface area (Å²) in [6, 6.07) is 4.17. The summed E-state index contributed by atoms with van der Waals surface area (Å²) < 4.78 is 2.98. The lowest BCUT2D eigenvalue weighted by Crippen LogP contribution is -2.31. The van der Waals surface area contributed by atoms with E-state index in [0.717, 1.165) is 23.3 Å². The number of rotatable bonds is 6. The smallest absolute Gasteiger partial charge is 0.0981 e. The van der Waals surface area contributed by atoms with Crippen molar-refractivity contribution < 1.29 is 0 Å². The van der Waals surface area contributed by atoms with E-state index in [0.29, 0.717) is 0 Å². The fourth-order valence-corrected chi connectivity index (χ4v) is 3.50. The number of thiophene rings is 1. The second-order valence-corrected chi connectivity index (χ2v) is 7.13. The molecule has 5 nitrogen and oxygen atoms in total. The molecule has 0 saturated carbocycles. The number of likely N-dealkylation sites (N-methyl/N-ethyl adjacent to an activating group) is 1. The molecule has 20 heavy (non-hydrogen) atoms. The number of hydrazine groups is 1. The van der Waals surface area contributed by atoms with Crippen LogP contribution in [0.15, 0.2) is 22.8 Å². The van der Waals surface area contributed by atoms with E-state index in [1.165, 1.54) is 9.75 Å². The van der Waals surface area contributed by atoms with Crippen molar-refractivity contribution in [2.24, 2.45) is 5.84 Å². The van der Waals surface area contributed by atoms with E-state index in [9.17, 15) is 0 Å². The van der Waals surface area contributed by atoms with Gasteiger partial charge in [-0.1, -0.05) is 0 Å². The predicted octanol–water partition coefficient (Wildman–Crippen LogP) is 2.13.